The quantitative estimate of drug-likeness (QED) is 0.699. The second-order valence-corrected chi connectivity index (χ2v) is 6.71. The number of anilines is 1. The Morgan fingerprint density at radius 3 is 2.35 bits per heavy atom. The summed E-state index contributed by atoms with van der Waals surface area (Å²) in [6, 6.07) is 16.7. The number of hydrogen-bond donors (Lipinski definition) is 3. The molecule has 1 fully saturated rings. The zero-order valence-electron chi connectivity index (χ0n) is 14.9. The summed E-state index contributed by atoms with van der Waals surface area (Å²) in [6.07, 6.45) is 2.59. The molecule has 26 heavy (non-hydrogen) atoms. The van der Waals surface area contributed by atoms with Crippen LogP contribution in [-0.2, 0) is 21.6 Å². The van der Waals surface area contributed by atoms with Crippen LogP contribution in [0.1, 0.15) is 30.9 Å². The summed E-state index contributed by atoms with van der Waals surface area (Å²) in [6.45, 7) is 2.00. The third-order valence-electron chi connectivity index (χ3n) is 4.90. The molecule has 5 heteroatoms. The summed E-state index contributed by atoms with van der Waals surface area (Å²) in [5.41, 5.74) is 1.22. The average Bonchev–Trinajstić information content (AvgIpc) is 3.52. The Balaban J connectivity index is 1.64. The molecule has 1 aliphatic carbocycles. The van der Waals surface area contributed by atoms with Crippen LogP contribution >= 0.6 is 0 Å². The maximum atomic E-state index is 12.2. The van der Waals surface area contributed by atoms with E-state index >= 15 is 0 Å². The van der Waals surface area contributed by atoms with E-state index in [1.807, 2.05) is 55.5 Å². The van der Waals surface area contributed by atoms with Crippen molar-refractivity contribution in [2.45, 2.75) is 31.8 Å². The summed E-state index contributed by atoms with van der Waals surface area (Å²) in [5, 5.41) is 16.3. The number of hydrogen-bond acceptors (Lipinski definition) is 3. The molecule has 0 aromatic heterocycles. The fraction of sp³-hybridized carbons (Fsp3) is 0.333. The Kier molecular flexibility index (Phi) is 5.38. The molecule has 0 spiro atoms. The van der Waals surface area contributed by atoms with Gasteiger partial charge < -0.3 is 15.7 Å². The summed E-state index contributed by atoms with van der Waals surface area (Å²) < 4.78 is 0. The lowest BCUT2D eigenvalue weighted by Crippen LogP contribution is -2.45. The molecular formula is C21H24N2O3. The molecule has 1 saturated carbocycles. The van der Waals surface area contributed by atoms with Gasteiger partial charge in [0.25, 0.3) is 0 Å². The van der Waals surface area contributed by atoms with Gasteiger partial charge in [0.1, 0.15) is 5.60 Å². The molecule has 2 aromatic carbocycles. The van der Waals surface area contributed by atoms with E-state index in [2.05, 4.69) is 10.6 Å². The van der Waals surface area contributed by atoms with Crippen molar-refractivity contribution in [2.75, 3.05) is 11.9 Å². The van der Waals surface area contributed by atoms with Crippen molar-refractivity contribution in [3.63, 3.8) is 0 Å². The number of benzene rings is 2. The first-order chi connectivity index (χ1) is 12.5. The van der Waals surface area contributed by atoms with E-state index in [0.717, 1.165) is 30.4 Å². The van der Waals surface area contributed by atoms with Crippen molar-refractivity contribution < 1.29 is 14.7 Å². The fourth-order valence-corrected chi connectivity index (χ4v) is 3.19. The number of amides is 2. The molecule has 136 valence electrons. The molecule has 0 heterocycles. The topological polar surface area (TPSA) is 78.4 Å². The molecule has 2 amide bonds. The highest BCUT2D eigenvalue weighted by Gasteiger charge is 2.45. The number of aliphatic hydroxyl groups is 1. The van der Waals surface area contributed by atoms with Gasteiger partial charge in [0.2, 0.25) is 0 Å². The monoisotopic (exact) mass is 352 g/mol. The van der Waals surface area contributed by atoms with Crippen LogP contribution in [0.25, 0.3) is 0 Å². The van der Waals surface area contributed by atoms with Crippen LogP contribution in [0.15, 0.2) is 54.6 Å². The third kappa shape index (κ3) is 3.94. The second kappa shape index (κ2) is 7.70. The van der Waals surface area contributed by atoms with E-state index < -0.39 is 17.4 Å². The van der Waals surface area contributed by atoms with Gasteiger partial charge in [0, 0.05) is 5.69 Å². The van der Waals surface area contributed by atoms with E-state index in [1.165, 1.54) is 0 Å². The zero-order chi connectivity index (χ0) is 18.6. The molecule has 0 bridgehead atoms. The van der Waals surface area contributed by atoms with Gasteiger partial charge in [-0.3, -0.25) is 9.59 Å². The lowest BCUT2D eigenvalue weighted by Gasteiger charge is -2.29. The van der Waals surface area contributed by atoms with Crippen molar-refractivity contribution in [1.29, 1.82) is 0 Å². The maximum absolute atomic E-state index is 12.2. The summed E-state index contributed by atoms with van der Waals surface area (Å²) in [5.74, 6) is -1.36. The minimum absolute atomic E-state index is 0.0172. The fourth-order valence-electron chi connectivity index (χ4n) is 3.19. The van der Waals surface area contributed by atoms with Gasteiger partial charge in [0.05, 0.1) is 6.54 Å². The van der Waals surface area contributed by atoms with Crippen molar-refractivity contribution >= 4 is 17.5 Å². The van der Waals surface area contributed by atoms with Crippen LogP contribution in [0.2, 0.25) is 0 Å². The molecule has 5 nitrogen and oxygen atoms in total. The lowest BCUT2D eigenvalue weighted by molar-refractivity contribution is -0.137. The van der Waals surface area contributed by atoms with E-state index in [4.69, 9.17) is 0 Å². The highest BCUT2D eigenvalue weighted by atomic mass is 16.3. The lowest BCUT2D eigenvalue weighted by atomic mass is 9.88. The smallest absolute Gasteiger partial charge is 0.313 e. The van der Waals surface area contributed by atoms with Crippen LogP contribution in [0.5, 0.6) is 0 Å². The van der Waals surface area contributed by atoms with Crippen molar-refractivity contribution in [3.8, 4) is 0 Å². The van der Waals surface area contributed by atoms with E-state index in [9.17, 15) is 14.7 Å². The van der Waals surface area contributed by atoms with Gasteiger partial charge in [-0.1, -0.05) is 55.5 Å². The number of carbonyl (C=O) groups is 2. The molecule has 2 aromatic rings. The van der Waals surface area contributed by atoms with Gasteiger partial charge >= 0.3 is 11.8 Å². The number of para-hydroxylation sites is 1. The van der Waals surface area contributed by atoms with Crippen molar-refractivity contribution in [1.82, 2.24) is 5.32 Å². The molecule has 1 atom stereocenters. The number of carbonyl (C=O) groups excluding carboxylic acids is 2. The van der Waals surface area contributed by atoms with E-state index in [-0.39, 0.29) is 12.5 Å². The predicted octanol–water partition coefficient (Wildman–Crippen LogP) is 2.60. The highest BCUT2D eigenvalue weighted by molar-refractivity contribution is 6.39. The van der Waals surface area contributed by atoms with E-state index in [0.29, 0.717) is 5.69 Å². The largest absolute Gasteiger partial charge is 0.383 e. The third-order valence-corrected chi connectivity index (χ3v) is 4.90. The molecule has 3 rings (SSSR count). The van der Waals surface area contributed by atoms with Crippen LogP contribution in [-0.4, -0.2) is 23.5 Å². The molecule has 1 aliphatic rings. The van der Waals surface area contributed by atoms with Crippen LogP contribution in [0.4, 0.5) is 5.69 Å². The molecule has 1 unspecified atom stereocenters. The number of aryl methyl sites for hydroxylation is 1. The van der Waals surface area contributed by atoms with Gasteiger partial charge in [-0.15, -0.1) is 0 Å². The Bertz CT molecular complexity index is 787. The minimum Gasteiger partial charge on any atom is -0.383 e. The molecule has 0 saturated heterocycles. The first-order valence-corrected chi connectivity index (χ1v) is 8.99. The first-order valence-electron chi connectivity index (χ1n) is 8.99. The first kappa shape index (κ1) is 18.1. The Morgan fingerprint density at radius 1 is 1.04 bits per heavy atom. The van der Waals surface area contributed by atoms with Gasteiger partial charge in [-0.05, 0) is 42.4 Å². The molecule has 0 radical (unpaired) electrons. The average molecular weight is 352 g/mol. The van der Waals surface area contributed by atoms with Gasteiger partial charge in [-0.25, -0.2) is 0 Å². The highest BCUT2D eigenvalue weighted by Crippen LogP contribution is 2.45. The predicted molar refractivity (Wildman–Crippen MR) is 101 cm³/mol. The van der Waals surface area contributed by atoms with Gasteiger partial charge in [-0.2, -0.15) is 0 Å². The minimum atomic E-state index is -1.14. The van der Waals surface area contributed by atoms with E-state index in [1.54, 1.807) is 6.07 Å². The second-order valence-electron chi connectivity index (χ2n) is 6.71. The Morgan fingerprint density at radius 2 is 1.69 bits per heavy atom. The molecule has 0 aliphatic heterocycles. The maximum Gasteiger partial charge on any atom is 0.313 e. The van der Waals surface area contributed by atoms with Crippen LogP contribution < -0.4 is 10.6 Å². The SMILES string of the molecule is CCc1ccccc1NC(=O)C(=O)NCC(O)(c1ccccc1)C1CC1. The van der Waals surface area contributed by atoms with Gasteiger partial charge in [0.15, 0.2) is 0 Å². The normalized spacial score (nSPS) is 15.8. The number of nitrogens with one attached hydrogen (secondary N) is 2. The van der Waals surface area contributed by atoms with Crippen molar-refractivity contribution in [3.05, 3.63) is 65.7 Å². The number of rotatable bonds is 6. The Hall–Kier alpha value is -2.66. The van der Waals surface area contributed by atoms with Crippen LogP contribution in [0.3, 0.4) is 0 Å². The standard InChI is InChI=1S/C21H24N2O3/c1-2-15-8-6-7-11-18(15)23-20(25)19(24)22-14-21(26,17-12-13-17)16-9-4-3-5-10-16/h3-11,17,26H,2,12-14H2,1H3,(H,22,24)(H,23,25). The van der Waals surface area contributed by atoms with Crippen molar-refractivity contribution in [2.24, 2.45) is 5.92 Å². The zero-order valence-corrected chi connectivity index (χ0v) is 14.9. The molecular weight excluding hydrogens is 328 g/mol. The molecule has 3 N–H and O–H groups in total. The Labute approximate surface area is 153 Å². The summed E-state index contributed by atoms with van der Waals surface area (Å²) >= 11 is 0. The van der Waals surface area contributed by atoms with Crippen LogP contribution in [0, 0.1) is 5.92 Å². The summed E-state index contributed by atoms with van der Waals surface area (Å²) in [4.78, 5) is 24.4. The summed E-state index contributed by atoms with van der Waals surface area (Å²) in [7, 11) is 0.